The topological polar surface area (TPSA) is 58.1 Å². The number of thioether (sulfide) groups is 1. The first-order valence-electron chi connectivity index (χ1n) is 10.3. The van der Waals surface area contributed by atoms with Gasteiger partial charge in [0.05, 0.1) is 5.75 Å². The van der Waals surface area contributed by atoms with Gasteiger partial charge in [-0.3, -0.25) is 4.79 Å². The molecule has 1 aromatic rings. The average molecular weight is 395 g/mol. The molecule has 0 spiro atoms. The van der Waals surface area contributed by atoms with Gasteiger partial charge in [-0.15, -0.1) is 10.2 Å². The van der Waals surface area contributed by atoms with Crippen molar-refractivity contribution < 1.29 is 4.79 Å². The average Bonchev–Trinajstić information content (AvgIpc) is 3.14. The first-order chi connectivity index (χ1) is 12.8. The Morgan fingerprint density at radius 1 is 1.04 bits per heavy atom. The maximum Gasteiger partial charge on any atom is 0.233 e. The number of nitrogens with zero attached hydrogens (tertiary/aromatic N) is 3. The molecule has 4 rings (SSSR count). The molecule has 1 saturated heterocycles. The summed E-state index contributed by atoms with van der Waals surface area (Å²) < 4.78 is 0.911. The van der Waals surface area contributed by atoms with E-state index in [4.69, 9.17) is 0 Å². The van der Waals surface area contributed by atoms with E-state index in [1.165, 1.54) is 70.6 Å². The highest BCUT2D eigenvalue weighted by atomic mass is 32.2. The summed E-state index contributed by atoms with van der Waals surface area (Å²) >= 11 is 3.15. The van der Waals surface area contributed by atoms with E-state index in [1.54, 1.807) is 23.1 Å². The zero-order valence-corrected chi connectivity index (χ0v) is 17.1. The highest BCUT2D eigenvalue weighted by Gasteiger charge is 2.35. The molecule has 7 heteroatoms. The molecule has 1 aliphatic heterocycles. The predicted molar refractivity (Wildman–Crippen MR) is 108 cm³/mol. The Balaban J connectivity index is 1.27. The number of rotatable bonds is 5. The highest BCUT2D eigenvalue weighted by Crippen LogP contribution is 2.36. The van der Waals surface area contributed by atoms with Crippen LogP contribution in [0, 0.1) is 5.92 Å². The molecule has 2 aliphatic carbocycles. The minimum absolute atomic E-state index is 0.295. The molecule has 3 fully saturated rings. The van der Waals surface area contributed by atoms with Gasteiger partial charge in [0.25, 0.3) is 0 Å². The van der Waals surface area contributed by atoms with Gasteiger partial charge in [0.15, 0.2) is 4.34 Å². The van der Waals surface area contributed by atoms with Crippen LogP contribution in [-0.4, -0.2) is 45.4 Å². The molecule has 144 valence electrons. The lowest BCUT2D eigenvalue weighted by molar-refractivity contribution is -0.134. The quantitative estimate of drug-likeness (QED) is 0.742. The summed E-state index contributed by atoms with van der Waals surface area (Å²) in [6.07, 6.45) is 14.1. The predicted octanol–water partition coefficient (Wildman–Crippen LogP) is 4.56. The number of likely N-dealkylation sites (tertiary alicyclic amines) is 1. The summed E-state index contributed by atoms with van der Waals surface area (Å²) in [5.41, 5.74) is 0. The maximum absolute atomic E-state index is 12.8. The van der Waals surface area contributed by atoms with Gasteiger partial charge in [0.1, 0.15) is 0 Å². The van der Waals surface area contributed by atoms with Gasteiger partial charge in [-0.25, -0.2) is 0 Å². The fourth-order valence-corrected chi connectivity index (χ4v) is 6.60. The monoisotopic (exact) mass is 394 g/mol. The number of amides is 1. The largest absolute Gasteiger partial charge is 0.357 e. The molecule has 2 atom stereocenters. The van der Waals surface area contributed by atoms with E-state index in [1.807, 2.05) is 0 Å². The van der Waals surface area contributed by atoms with E-state index in [2.05, 4.69) is 20.4 Å². The van der Waals surface area contributed by atoms with Crippen LogP contribution < -0.4 is 5.32 Å². The van der Waals surface area contributed by atoms with Crippen LogP contribution >= 0.6 is 23.1 Å². The molecule has 0 bridgehead atoms. The summed E-state index contributed by atoms with van der Waals surface area (Å²) in [7, 11) is 0. The minimum atomic E-state index is 0.295. The van der Waals surface area contributed by atoms with Crippen LogP contribution in [0.25, 0.3) is 0 Å². The van der Waals surface area contributed by atoms with E-state index < -0.39 is 0 Å². The normalized spacial score (nSPS) is 27.2. The van der Waals surface area contributed by atoms with Gasteiger partial charge < -0.3 is 10.2 Å². The van der Waals surface area contributed by atoms with Crippen LogP contribution in [0.2, 0.25) is 0 Å². The molecule has 0 radical (unpaired) electrons. The molecule has 26 heavy (non-hydrogen) atoms. The molecular weight excluding hydrogens is 364 g/mol. The lowest BCUT2D eigenvalue weighted by Gasteiger charge is -2.44. The Morgan fingerprint density at radius 2 is 1.81 bits per heavy atom. The smallest absolute Gasteiger partial charge is 0.233 e. The van der Waals surface area contributed by atoms with Gasteiger partial charge in [-0.2, -0.15) is 0 Å². The van der Waals surface area contributed by atoms with Crippen molar-refractivity contribution in [2.24, 2.45) is 5.92 Å². The summed E-state index contributed by atoms with van der Waals surface area (Å²) in [5, 5.41) is 13.0. The lowest BCUT2D eigenvalue weighted by atomic mass is 9.78. The summed E-state index contributed by atoms with van der Waals surface area (Å²) in [4.78, 5) is 15.0. The molecule has 2 heterocycles. The Hall–Kier alpha value is -0.820. The van der Waals surface area contributed by atoms with E-state index >= 15 is 0 Å². The maximum atomic E-state index is 12.8. The van der Waals surface area contributed by atoms with Crippen molar-refractivity contribution in [2.45, 2.75) is 87.1 Å². The number of carbonyl (C=O) groups is 1. The van der Waals surface area contributed by atoms with E-state index in [0.29, 0.717) is 23.7 Å². The third-order valence-corrected chi connectivity index (χ3v) is 8.19. The Labute approximate surface area is 164 Å². The zero-order chi connectivity index (χ0) is 17.8. The Kier molecular flexibility index (Phi) is 6.36. The fourth-order valence-electron chi connectivity index (χ4n) is 4.89. The second kappa shape index (κ2) is 8.91. The highest BCUT2D eigenvalue weighted by molar-refractivity contribution is 8.01. The standard InChI is InChI=1S/C19H30N4OS2/c24-17(23-12-6-8-14-7-4-5-11-16(14)23)13-25-19-22-21-18(26-19)20-15-9-2-1-3-10-15/h14-16H,1-13H2,(H,20,21)/t14-,16-/m1/s1. The van der Waals surface area contributed by atoms with Gasteiger partial charge in [0.2, 0.25) is 11.0 Å². The van der Waals surface area contributed by atoms with Crippen LogP contribution in [0.15, 0.2) is 4.34 Å². The fraction of sp³-hybridized carbons (Fsp3) is 0.842. The Morgan fingerprint density at radius 3 is 2.69 bits per heavy atom. The molecule has 2 saturated carbocycles. The summed E-state index contributed by atoms with van der Waals surface area (Å²) in [6, 6.07) is 1.05. The molecule has 5 nitrogen and oxygen atoms in total. The van der Waals surface area contributed by atoms with Gasteiger partial charge >= 0.3 is 0 Å². The van der Waals surface area contributed by atoms with E-state index in [-0.39, 0.29) is 0 Å². The number of anilines is 1. The Bertz CT molecular complexity index is 600. The number of aromatic nitrogens is 2. The molecule has 1 N–H and O–H groups in total. The van der Waals surface area contributed by atoms with Crippen molar-refractivity contribution in [1.82, 2.24) is 15.1 Å². The number of fused-ring (bicyclic) bond motifs is 1. The van der Waals surface area contributed by atoms with Crippen LogP contribution in [0.3, 0.4) is 0 Å². The van der Waals surface area contributed by atoms with Crippen molar-refractivity contribution in [1.29, 1.82) is 0 Å². The van der Waals surface area contributed by atoms with Crippen LogP contribution in [-0.2, 0) is 4.79 Å². The number of hydrogen-bond donors (Lipinski definition) is 1. The second-order valence-electron chi connectivity index (χ2n) is 7.98. The molecule has 1 amide bonds. The van der Waals surface area contributed by atoms with Crippen molar-refractivity contribution in [3.05, 3.63) is 0 Å². The minimum Gasteiger partial charge on any atom is -0.357 e. The summed E-state index contributed by atoms with van der Waals surface area (Å²) in [6.45, 7) is 0.950. The molecular formula is C19H30N4OS2. The molecule has 1 aromatic heterocycles. The van der Waals surface area contributed by atoms with Crippen LogP contribution in [0.5, 0.6) is 0 Å². The van der Waals surface area contributed by atoms with Gasteiger partial charge in [0, 0.05) is 18.6 Å². The van der Waals surface area contributed by atoms with Crippen molar-refractivity contribution >= 4 is 34.1 Å². The number of hydrogen-bond acceptors (Lipinski definition) is 6. The molecule has 0 aromatic carbocycles. The van der Waals surface area contributed by atoms with Gasteiger partial charge in [-0.05, 0) is 44.4 Å². The van der Waals surface area contributed by atoms with Crippen molar-refractivity contribution in [2.75, 3.05) is 17.6 Å². The first-order valence-corrected chi connectivity index (χ1v) is 12.1. The van der Waals surface area contributed by atoms with Crippen LogP contribution in [0.1, 0.15) is 70.6 Å². The third kappa shape index (κ3) is 4.53. The lowest BCUT2D eigenvalue weighted by Crippen LogP contribution is -2.50. The van der Waals surface area contributed by atoms with Gasteiger partial charge in [-0.1, -0.05) is 55.2 Å². The summed E-state index contributed by atoms with van der Waals surface area (Å²) in [5.74, 6) is 1.55. The molecule has 3 aliphatic rings. The van der Waals surface area contributed by atoms with Crippen molar-refractivity contribution in [3.8, 4) is 0 Å². The number of nitrogens with one attached hydrogen (secondary N) is 1. The van der Waals surface area contributed by atoms with E-state index in [0.717, 1.165) is 21.9 Å². The zero-order valence-electron chi connectivity index (χ0n) is 15.5. The number of carbonyl (C=O) groups excluding carboxylic acids is 1. The van der Waals surface area contributed by atoms with E-state index in [9.17, 15) is 4.79 Å². The molecule has 0 unspecified atom stereocenters. The van der Waals surface area contributed by atoms with Crippen LogP contribution in [0.4, 0.5) is 5.13 Å². The second-order valence-corrected chi connectivity index (χ2v) is 10.2. The first kappa shape index (κ1) is 18.5. The van der Waals surface area contributed by atoms with Crippen molar-refractivity contribution in [3.63, 3.8) is 0 Å². The number of piperidine rings is 1. The third-order valence-electron chi connectivity index (χ3n) is 6.22. The SMILES string of the molecule is O=C(CSc1nnc(NC2CCCCC2)s1)N1CCC[C@H]2CCCC[C@H]21.